The minimum Gasteiger partial charge on any atom is -0.396 e. The number of rotatable bonds is 4. The summed E-state index contributed by atoms with van der Waals surface area (Å²) in [7, 11) is 4.08. The number of hydrogen-bond acceptors (Lipinski definition) is 2. The topological polar surface area (TPSA) is 26.1 Å². The molecule has 0 aliphatic carbocycles. The molecule has 49 valence electrons. The van der Waals surface area contributed by atoms with Crippen molar-refractivity contribution in [2.75, 3.05) is 27.2 Å². The molecule has 0 spiro atoms. The van der Waals surface area contributed by atoms with Crippen molar-refractivity contribution in [2.24, 2.45) is 0 Å². The zero-order valence-electron chi connectivity index (χ0n) is 5.72. The van der Waals surface area contributed by atoms with Gasteiger partial charge in [0.1, 0.15) is 20.6 Å². The van der Waals surface area contributed by atoms with E-state index in [2.05, 4.69) is 4.90 Å². The van der Waals surface area contributed by atoms with E-state index in [1.165, 1.54) is 0 Å². The van der Waals surface area contributed by atoms with Gasteiger partial charge in [0.2, 0.25) is 0 Å². The van der Waals surface area contributed by atoms with Gasteiger partial charge in [-0.3, -0.25) is 0 Å². The first-order valence-electron chi connectivity index (χ1n) is 3.03. The maximum atomic E-state index is 8.36. The van der Waals surface area contributed by atoms with Crippen molar-refractivity contribution in [1.29, 1.82) is 0 Å². The second kappa shape index (κ2) is 5.06. The largest absolute Gasteiger partial charge is 0.396 e. The number of nitrogens with zero attached hydrogens (tertiary/aromatic N) is 1. The molecular formula is C6H15NO+. The van der Waals surface area contributed by atoms with Crippen molar-refractivity contribution >= 4 is 0 Å². The van der Waals surface area contributed by atoms with Gasteiger partial charge in [-0.25, -0.2) is 0 Å². The first kappa shape index (κ1) is 7.92. The van der Waals surface area contributed by atoms with E-state index < -0.39 is 0 Å². The number of hydrogen-bond donors (Lipinski definition) is 1. The summed E-state index contributed by atoms with van der Waals surface area (Å²) in [4.78, 5) is 2.12. The van der Waals surface area contributed by atoms with Crippen LogP contribution in [0, 0.1) is 0 Å². The minimum absolute atomic E-state index is 0.327. The highest BCUT2D eigenvalue weighted by atomic mass is 16.2. The number of aliphatic hydroxyl groups excluding tert-OH is 1. The molecule has 0 rings (SSSR count). The van der Waals surface area contributed by atoms with Gasteiger partial charge in [-0.1, -0.05) is 0 Å². The molecule has 8 heavy (non-hydrogen) atoms. The van der Waals surface area contributed by atoms with Crippen LogP contribution in [0.5, 0.6) is 0 Å². The molecule has 0 heterocycles. The Hall–Kier alpha value is -0.0800. The summed E-state index contributed by atoms with van der Waals surface area (Å²) in [5.41, 5.74) is 0. The molecule has 0 saturated heterocycles. The molecule has 1 N–H and O–H groups in total. The Bertz CT molecular complexity index is 45.8. The standard InChI is InChI=1S/C6H15NO/c1-7(2)5-3-4-6-8/h8H,3-6H2,1-2H3/q+1. The monoisotopic (exact) mass is 117 g/mol. The van der Waals surface area contributed by atoms with Crippen molar-refractivity contribution in [3.05, 3.63) is 0 Å². The molecule has 0 atom stereocenters. The Morgan fingerprint density at radius 2 is 1.88 bits per heavy atom. The highest BCUT2D eigenvalue weighted by Gasteiger charge is 1.95. The molecule has 0 unspecified atom stereocenters. The highest BCUT2D eigenvalue weighted by molar-refractivity contribution is 4.47. The predicted molar refractivity (Wildman–Crippen MR) is 35.2 cm³/mol. The van der Waals surface area contributed by atoms with Crippen molar-refractivity contribution in [2.45, 2.75) is 12.8 Å². The molecule has 2 heteroatoms. The smallest absolute Gasteiger partial charge is 0.122 e. The van der Waals surface area contributed by atoms with E-state index in [0.29, 0.717) is 6.61 Å². The third kappa shape index (κ3) is 5.92. The van der Waals surface area contributed by atoms with Gasteiger partial charge in [-0.2, -0.15) is 4.90 Å². The molecule has 0 bridgehead atoms. The Morgan fingerprint density at radius 1 is 1.25 bits per heavy atom. The lowest BCUT2D eigenvalue weighted by Gasteiger charge is -1.96. The SMILES string of the molecule is C[N+](C)CCCCO. The summed E-state index contributed by atoms with van der Waals surface area (Å²) in [6, 6.07) is 0. The van der Waals surface area contributed by atoms with Crippen LogP contribution in [0.4, 0.5) is 0 Å². The molecule has 0 aromatic rings. The summed E-state index contributed by atoms with van der Waals surface area (Å²) in [6.07, 6.45) is 2.03. The van der Waals surface area contributed by atoms with Gasteiger partial charge in [-0.15, -0.1) is 0 Å². The summed E-state index contributed by atoms with van der Waals surface area (Å²) in [5, 5.41) is 8.36. The first-order chi connectivity index (χ1) is 3.77. The molecule has 0 aliphatic heterocycles. The Labute approximate surface area is 51.1 Å². The van der Waals surface area contributed by atoms with Crippen LogP contribution in [0.2, 0.25) is 0 Å². The molecule has 2 nitrogen and oxygen atoms in total. The normalized spacial score (nSPS) is 10.5. The predicted octanol–water partition coefficient (Wildman–Crippen LogP) is 0.159. The highest BCUT2D eigenvalue weighted by Crippen LogP contribution is 1.85. The van der Waals surface area contributed by atoms with Gasteiger partial charge in [0.25, 0.3) is 0 Å². The van der Waals surface area contributed by atoms with Crippen LogP contribution < -0.4 is 4.90 Å². The van der Waals surface area contributed by atoms with E-state index in [9.17, 15) is 0 Å². The Balaban J connectivity index is 2.72. The fraction of sp³-hybridized carbons (Fsp3) is 1.00. The van der Waals surface area contributed by atoms with Crippen molar-refractivity contribution in [3.8, 4) is 0 Å². The van der Waals surface area contributed by atoms with Crippen LogP contribution in [0.25, 0.3) is 0 Å². The summed E-state index contributed by atoms with van der Waals surface area (Å²) >= 11 is 0. The molecule has 1 radical (unpaired) electrons. The average Bonchev–Trinajstić information content (AvgIpc) is 1.66. The second-order valence-electron chi connectivity index (χ2n) is 2.23. The van der Waals surface area contributed by atoms with Gasteiger partial charge in [0.15, 0.2) is 0 Å². The molecule has 0 aliphatic rings. The van der Waals surface area contributed by atoms with Crippen LogP contribution >= 0.6 is 0 Å². The fourth-order valence-corrected chi connectivity index (χ4v) is 0.540. The Morgan fingerprint density at radius 3 is 2.25 bits per heavy atom. The van der Waals surface area contributed by atoms with Gasteiger partial charge in [0.05, 0.1) is 0 Å². The Kier molecular flexibility index (Phi) is 5.01. The van der Waals surface area contributed by atoms with E-state index in [4.69, 9.17) is 5.11 Å². The lowest BCUT2D eigenvalue weighted by molar-refractivity contribution is 0.281. The van der Waals surface area contributed by atoms with Crippen LogP contribution in [0.15, 0.2) is 0 Å². The molecule has 0 aromatic carbocycles. The van der Waals surface area contributed by atoms with Crippen LogP contribution in [-0.2, 0) is 0 Å². The summed E-state index contributed by atoms with van der Waals surface area (Å²) < 4.78 is 0. The summed E-state index contributed by atoms with van der Waals surface area (Å²) in [6.45, 7) is 1.41. The van der Waals surface area contributed by atoms with Gasteiger partial charge in [-0.05, 0) is 6.42 Å². The van der Waals surface area contributed by atoms with E-state index in [0.717, 1.165) is 19.4 Å². The minimum atomic E-state index is 0.327. The molecular weight excluding hydrogens is 102 g/mol. The van der Waals surface area contributed by atoms with Crippen LogP contribution in [-0.4, -0.2) is 32.4 Å². The molecule has 0 fully saturated rings. The third-order valence-electron chi connectivity index (χ3n) is 1.01. The van der Waals surface area contributed by atoms with Gasteiger partial charge >= 0.3 is 0 Å². The van der Waals surface area contributed by atoms with E-state index in [1.807, 2.05) is 14.1 Å². The summed E-state index contributed by atoms with van der Waals surface area (Å²) in [5.74, 6) is 0. The van der Waals surface area contributed by atoms with Crippen molar-refractivity contribution < 1.29 is 5.11 Å². The third-order valence-corrected chi connectivity index (χ3v) is 1.01. The molecule has 0 saturated carbocycles. The zero-order valence-corrected chi connectivity index (χ0v) is 5.72. The number of aliphatic hydroxyl groups is 1. The van der Waals surface area contributed by atoms with E-state index in [-0.39, 0.29) is 0 Å². The van der Waals surface area contributed by atoms with E-state index in [1.54, 1.807) is 0 Å². The fourth-order valence-electron chi connectivity index (χ4n) is 0.540. The number of unbranched alkanes of at least 4 members (excludes halogenated alkanes) is 1. The lowest BCUT2D eigenvalue weighted by atomic mass is 10.3. The quantitative estimate of drug-likeness (QED) is 0.412. The van der Waals surface area contributed by atoms with Gasteiger partial charge < -0.3 is 5.11 Å². The maximum Gasteiger partial charge on any atom is 0.122 e. The first-order valence-corrected chi connectivity index (χ1v) is 3.03. The second-order valence-corrected chi connectivity index (χ2v) is 2.23. The lowest BCUT2D eigenvalue weighted by Crippen LogP contribution is -2.19. The van der Waals surface area contributed by atoms with Crippen LogP contribution in [0.3, 0.4) is 0 Å². The molecule has 0 amide bonds. The van der Waals surface area contributed by atoms with Crippen molar-refractivity contribution in [3.63, 3.8) is 0 Å². The van der Waals surface area contributed by atoms with Crippen LogP contribution in [0.1, 0.15) is 12.8 Å². The van der Waals surface area contributed by atoms with Crippen molar-refractivity contribution in [1.82, 2.24) is 4.90 Å². The van der Waals surface area contributed by atoms with Gasteiger partial charge in [0, 0.05) is 13.0 Å². The zero-order chi connectivity index (χ0) is 6.41. The maximum absolute atomic E-state index is 8.36. The molecule has 0 aromatic heterocycles. The average molecular weight is 117 g/mol. The van der Waals surface area contributed by atoms with E-state index >= 15 is 0 Å².